The lowest BCUT2D eigenvalue weighted by molar-refractivity contribution is -0.159. The van der Waals surface area contributed by atoms with Gasteiger partial charge in [-0.2, -0.15) is 0 Å². The van der Waals surface area contributed by atoms with Gasteiger partial charge in [0.2, 0.25) is 11.8 Å². The summed E-state index contributed by atoms with van der Waals surface area (Å²) in [4.78, 5) is 30.0. The molecule has 0 aromatic rings. The minimum absolute atomic E-state index is 0.0391. The third-order valence-electron chi connectivity index (χ3n) is 6.92. The minimum atomic E-state index is -0.0391. The van der Waals surface area contributed by atoms with Crippen molar-refractivity contribution >= 4 is 11.8 Å². The molecule has 128 valence electrons. The molecule has 1 saturated heterocycles. The van der Waals surface area contributed by atoms with Crippen molar-refractivity contribution in [3.05, 3.63) is 0 Å². The molecule has 23 heavy (non-hydrogen) atoms. The molecule has 0 aromatic carbocycles. The lowest BCUT2D eigenvalue weighted by Gasteiger charge is -2.54. The van der Waals surface area contributed by atoms with Gasteiger partial charge in [0.05, 0.1) is 5.54 Å². The third kappa shape index (κ3) is 2.68. The smallest absolute Gasteiger partial charge is 0.226 e. The van der Waals surface area contributed by atoms with E-state index in [2.05, 4.69) is 9.80 Å². The maximum atomic E-state index is 13.0. The number of amides is 2. The normalized spacial score (nSPS) is 28.3. The molecular formula is C19H30N2O2. The second-order valence-corrected chi connectivity index (χ2v) is 8.29. The quantitative estimate of drug-likeness (QED) is 0.785. The summed E-state index contributed by atoms with van der Waals surface area (Å²) in [5, 5.41) is 0. The van der Waals surface area contributed by atoms with Crippen molar-refractivity contribution in [2.45, 2.75) is 76.2 Å². The molecule has 4 aliphatic rings. The highest BCUT2D eigenvalue weighted by Gasteiger charge is 2.48. The van der Waals surface area contributed by atoms with Gasteiger partial charge >= 0.3 is 0 Å². The fourth-order valence-electron chi connectivity index (χ4n) is 4.94. The molecule has 4 fully saturated rings. The molecule has 3 aliphatic carbocycles. The van der Waals surface area contributed by atoms with Crippen molar-refractivity contribution in [1.82, 2.24) is 9.80 Å². The van der Waals surface area contributed by atoms with Crippen molar-refractivity contribution < 1.29 is 9.59 Å². The number of nitrogens with zero attached hydrogens (tertiary/aromatic N) is 2. The lowest BCUT2D eigenvalue weighted by atomic mass is 9.75. The molecule has 0 radical (unpaired) electrons. The number of hydrogen-bond acceptors (Lipinski definition) is 2. The average Bonchev–Trinajstić information content (AvgIpc) is 2.44. The van der Waals surface area contributed by atoms with Crippen molar-refractivity contribution in [3.8, 4) is 0 Å². The Labute approximate surface area is 139 Å². The molecule has 3 saturated carbocycles. The van der Waals surface area contributed by atoms with E-state index in [1.165, 1.54) is 32.1 Å². The van der Waals surface area contributed by atoms with Crippen molar-refractivity contribution in [2.24, 2.45) is 11.8 Å². The third-order valence-corrected chi connectivity index (χ3v) is 6.92. The van der Waals surface area contributed by atoms with Crippen LogP contribution in [0.2, 0.25) is 0 Å². The Balaban J connectivity index is 1.51. The van der Waals surface area contributed by atoms with Crippen LogP contribution in [0, 0.1) is 11.8 Å². The Bertz CT molecular complexity index is 476. The second kappa shape index (κ2) is 6.10. The molecule has 0 unspecified atom stereocenters. The van der Waals surface area contributed by atoms with E-state index in [0.29, 0.717) is 11.8 Å². The highest BCUT2D eigenvalue weighted by atomic mass is 16.2. The molecule has 1 heterocycles. The highest BCUT2D eigenvalue weighted by Crippen LogP contribution is 2.40. The van der Waals surface area contributed by atoms with Gasteiger partial charge in [-0.25, -0.2) is 0 Å². The van der Waals surface area contributed by atoms with Crippen LogP contribution in [-0.2, 0) is 9.59 Å². The zero-order valence-corrected chi connectivity index (χ0v) is 14.3. The molecule has 4 nitrogen and oxygen atoms in total. The summed E-state index contributed by atoms with van der Waals surface area (Å²) in [5.41, 5.74) is -0.0391. The van der Waals surface area contributed by atoms with Crippen LogP contribution in [0.3, 0.4) is 0 Å². The Kier molecular flexibility index (Phi) is 4.10. The van der Waals surface area contributed by atoms with E-state index in [0.717, 1.165) is 58.2 Å². The summed E-state index contributed by atoms with van der Waals surface area (Å²) in [5.74, 6) is 1.33. The molecule has 4 heteroatoms. The first-order chi connectivity index (χ1) is 11.2. The van der Waals surface area contributed by atoms with E-state index in [4.69, 9.17) is 0 Å². The Morgan fingerprint density at radius 1 is 0.739 bits per heavy atom. The first-order valence-corrected chi connectivity index (χ1v) is 9.80. The van der Waals surface area contributed by atoms with Crippen LogP contribution in [0.15, 0.2) is 0 Å². The van der Waals surface area contributed by atoms with Gasteiger partial charge in [-0.15, -0.1) is 0 Å². The highest BCUT2D eigenvalue weighted by molar-refractivity contribution is 5.82. The van der Waals surface area contributed by atoms with E-state index >= 15 is 0 Å². The number of rotatable bonds is 2. The topological polar surface area (TPSA) is 40.6 Å². The number of hydrogen-bond donors (Lipinski definition) is 0. The molecular weight excluding hydrogens is 288 g/mol. The summed E-state index contributed by atoms with van der Waals surface area (Å²) in [6.07, 6.45) is 12.6. The van der Waals surface area contributed by atoms with Gasteiger partial charge < -0.3 is 9.80 Å². The van der Waals surface area contributed by atoms with Gasteiger partial charge in [0.1, 0.15) is 0 Å². The molecule has 1 spiro atoms. The van der Waals surface area contributed by atoms with Crippen LogP contribution in [0.5, 0.6) is 0 Å². The van der Waals surface area contributed by atoms with Gasteiger partial charge in [0, 0.05) is 31.5 Å². The van der Waals surface area contributed by atoms with Gasteiger partial charge in [0.15, 0.2) is 0 Å². The van der Waals surface area contributed by atoms with E-state index in [1.54, 1.807) is 0 Å². The van der Waals surface area contributed by atoms with Crippen LogP contribution in [0.4, 0.5) is 0 Å². The number of piperazine rings is 1. The van der Waals surface area contributed by atoms with Crippen LogP contribution in [0.1, 0.15) is 70.6 Å². The molecule has 0 aromatic heterocycles. The SMILES string of the molecule is O=C(C1CCC1)N1CCN(C(=O)C2CCC2)C2(CCCCC2)C1. The minimum Gasteiger partial charge on any atom is -0.338 e. The van der Waals surface area contributed by atoms with E-state index < -0.39 is 0 Å². The predicted octanol–water partition coefficient (Wildman–Crippen LogP) is 2.96. The fourth-order valence-corrected chi connectivity index (χ4v) is 4.94. The van der Waals surface area contributed by atoms with Crippen LogP contribution >= 0.6 is 0 Å². The predicted molar refractivity (Wildman–Crippen MR) is 88.8 cm³/mol. The monoisotopic (exact) mass is 318 g/mol. The first kappa shape index (κ1) is 15.5. The summed E-state index contributed by atoms with van der Waals surface area (Å²) in [6.45, 7) is 2.34. The van der Waals surface area contributed by atoms with Gasteiger partial charge in [-0.1, -0.05) is 32.1 Å². The van der Waals surface area contributed by atoms with Crippen molar-refractivity contribution in [2.75, 3.05) is 19.6 Å². The summed E-state index contributed by atoms with van der Waals surface area (Å²) < 4.78 is 0. The van der Waals surface area contributed by atoms with Crippen LogP contribution in [0.25, 0.3) is 0 Å². The zero-order chi connectivity index (χ0) is 15.9. The van der Waals surface area contributed by atoms with Crippen LogP contribution < -0.4 is 0 Å². The van der Waals surface area contributed by atoms with Crippen molar-refractivity contribution in [3.63, 3.8) is 0 Å². The maximum absolute atomic E-state index is 13.0. The number of carbonyl (C=O) groups excluding carboxylic acids is 2. The second-order valence-electron chi connectivity index (χ2n) is 8.29. The Morgan fingerprint density at radius 3 is 1.91 bits per heavy atom. The fraction of sp³-hybridized carbons (Fsp3) is 0.895. The lowest BCUT2D eigenvalue weighted by Crippen LogP contribution is -2.67. The average molecular weight is 318 g/mol. The Morgan fingerprint density at radius 2 is 1.35 bits per heavy atom. The number of carbonyl (C=O) groups is 2. The van der Waals surface area contributed by atoms with E-state index in [-0.39, 0.29) is 17.4 Å². The summed E-state index contributed by atoms with van der Waals surface area (Å²) in [6, 6.07) is 0. The molecule has 1 aliphatic heterocycles. The first-order valence-electron chi connectivity index (χ1n) is 9.80. The molecule has 0 N–H and O–H groups in total. The van der Waals surface area contributed by atoms with Crippen LogP contribution in [-0.4, -0.2) is 46.8 Å². The molecule has 4 rings (SSSR count). The molecule has 0 bridgehead atoms. The Hall–Kier alpha value is -1.06. The van der Waals surface area contributed by atoms with Gasteiger partial charge in [0.25, 0.3) is 0 Å². The largest absolute Gasteiger partial charge is 0.338 e. The van der Waals surface area contributed by atoms with E-state index in [9.17, 15) is 9.59 Å². The van der Waals surface area contributed by atoms with Gasteiger partial charge in [-0.05, 0) is 38.5 Å². The summed E-state index contributed by atoms with van der Waals surface area (Å²) in [7, 11) is 0. The molecule has 2 amide bonds. The zero-order valence-electron chi connectivity index (χ0n) is 14.3. The standard InChI is InChI=1S/C19H30N2O2/c22-17(15-6-4-7-15)20-12-13-21(18(23)16-8-5-9-16)19(14-20)10-2-1-3-11-19/h15-16H,1-14H2. The summed E-state index contributed by atoms with van der Waals surface area (Å²) >= 11 is 0. The van der Waals surface area contributed by atoms with Crippen molar-refractivity contribution in [1.29, 1.82) is 0 Å². The molecule has 0 atom stereocenters. The van der Waals surface area contributed by atoms with Gasteiger partial charge in [-0.3, -0.25) is 9.59 Å². The maximum Gasteiger partial charge on any atom is 0.226 e. The van der Waals surface area contributed by atoms with E-state index in [1.807, 2.05) is 0 Å².